The second-order valence-corrected chi connectivity index (χ2v) is 6.22. The lowest BCUT2D eigenvalue weighted by atomic mass is 10.1. The molecule has 2 saturated carbocycles. The fourth-order valence-electron chi connectivity index (χ4n) is 2.85. The zero-order valence-corrected chi connectivity index (χ0v) is 12.3. The lowest BCUT2D eigenvalue weighted by molar-refractivity contribution is 0.0912. The molecule has 0 spiro atoms. The van der Waals surface area contributed by atoms with Crippen LogP contribution in [-0.4, -0.2) is 30.3 Å². The molecule has 2 N–H and O–H groups in total. The first-order chi connectivity index (χ1) is 10.2. The second kappa shape index (κ2) is 6.48. The number of amides is 1. The van der Waals surface area contributed by atoms with Gasteiger partial charge in [0.25, 0.3) is 5.91 Å². The Morgan fingerprint density at radius 3 is 2.76 bits per heavy atom. The van der Waals surface area contributed by atoms with E-state index in [0.717, 1.165) is 19.3 Å². The predicted octanol–water partition coefficient (Wildman–Crippen LogP) is 2.37. The molecule has 4 heteroatoms. The molecule has 2 fully saturated rings. The Morgan fingerprint density at radius 1 is 1.24 bits per heavy atom. The monoisotopic (exact) mass is 289 g/mol. The van der Waals surface area contributed by atoms with Gasteiger partial charge in [-0.25, -0.2) is 0 Å². The van der Waals surface area contributed by atoms with Gasteiger partial charge >= 0.3 is 0 Å². The fourth-order valence-corrected chi connectivity index (χ4v) is 2.85. The molecule has 0 aromatic heterocycles. The molecule has 1 amide bonds. The number of carbonyl (C=O) groups is 1. The van der Waals surface area contributed by atoms with Crippen LogP contribution in [0, 0.1) is 11.8 Å². The molecule has 1 aromatic rings. The van der Waals surface area contributed by atoms with Gasteiger partial charge in [-0.2, -0.15) is 0 Å². The Balaban J connectivity index is 1.57. The average Bonchev–Trinajstić information content (AvgIpc) is 3.24. The van der Waals surface area contributed by atoms with E-state index in [-0.39, 0.29) is 17.9 Å². The van der Waals surface area contributed by atoms with Gasteiger partial charge in [0.1, 0.15) is 5.75 Å². The van der Waals surface area contributed by atoms with Crippen molar-refractivity contribution in [3.05, 3.63) is 29.8 Å². The van der Waals surface area contributed by atoms with E-state index in [0.29, 0.717) is 30.4 Å². The summed E-state index contributed by atoms with van der Waals surface area (Å²) in [5.41, 5.74) is 0.589. The molecular formula is C17H23NO3. The number of nitrogens with one attached hydrogen (secondary N) is 1. The van der Waals surface area contributed by atoms with Crippen molar-refractivity contribution in [2.75, 3.05) is 13.2 Å². The number of ether oxygens (including phenoxy) is 1. The molecule has 114 valence electrons. The molecular weight excluding hydrogens is 266 g/mol. The van der Waals surface area contributed by atoms with Crippen molar-refractivity contribution >= 4 is 5.91 Å². The van der Waals surface area contributed by atoms with E-state index in [9.17, 15) is 9.90 Å². The minimum Gasteiger partial charge on any atom is -0.492 e. The topological polar surface area (TPSA) is 58.6 Å². The van der Waals surface area contributed by atoms with Gasteiger partial charge in [0, 0.05) is 12.5 Å². The second-order valence-electron chi connectivity index (χ2n) is 6.22. The summed E-state index contributed by atoms with van der Waals surface area (Å²) in [6, 6.07) is 7.38. The minimum absolute atomic E-state index is 0.111. The van der Waals surface area contributed by atoms with Crippen LogP contribution in [0.3, 0.4) is 0 Å². The summed E-state index contributed by atoms with van der Waals surface area (Å²) in [5, 5.41) is 12.7. The van der Waals surface area contributed by atoms with Crippen molar-refractivity contribution in [3.8, 4) is 5.75 Å². The molecule has 0 heterocycles. The van der Waals surface area contributed by atoms with Crippen LogP contribution >= 0.6 is 0 Å². The Kier molecular flexibility index (Phi) is 4.44. The van der Waals surface area contributed by atoms with E-state index in [2.05, 4.69) is 5.32 Å². The molecule has 2 unspecified atom stereocenters. The zero-order chi connectivity index (χ0) is 14.7. The van der Waals surface area contributed by atoms with E-state index in [1.165, 1.54) is 12.8 Å². The highest BCUT2D eigenvalue weighted by Gasteiger charge is 2.26. The van der Waals surface area contributed by atoms with Gasteiger partial charge < -0.3 is 15.2 Å². The van der Waals surface area contributed by atoms with E-state index in [1.807, 2.05) is 18.2 Å². The number of rotatable bonds is 6. The van der Waals surface area contributed by atoms with E-state index < -0.39 is 0 Å². The number of carbonyl (C=O) groups excluding carboxylic acids is 1. The number of benzene rings is 1. The van der Waals surface area contributed by atoms with Crippen molar-refractivity contribution in [1.29, 1.82) is 0 Å². The van der Waals surface area contributed by atoms with Crippen molar-refractivity contribution in [1.82, 2.24) is 5.32 Å². The first kappa shape index (κ1) is 14.4. The molecule has 0 bridgehead atoms. The predicted molar refractivity (Wildman–Crippen MR) is 80.3 cm³/mol. The minimum atomic E-state index is -0.272. The van der Waals surface area contributed by atoms with Crippen LogP contribution in [0.4, 0.5) is 0 Å². The van der Waals surface area contributed by atoms with Crippen molar-refractivity contribution in [2.45, 2.75) is 38.2 Å². The summed E-state index contributed by atoms with van der Waals surface area (Å²) in [6.07, 6.45) is 5.07. The molecule has 2 aliphatic rings. The number of aliphatic hydroxyl groups excluding tert-OH is 1. The first-order valence-corrected chi connectivity index (χ1v) is 7.92. The molecule has 2 atom stereocenters. The van der Waals surface area contributed by atoms with E-state index in [1.54, 1.807) is 6.07 Å². The average molecular weight is 289 g/mol. The van der Waals surface area contributed by atoms with Gasteiger partial charge in [0.2, 0.25) is 0 Å². The quantitative estimate of drug-likeness (QED) is 0.845. The van der Waals surface area contributed by atoms with Crippen LogP contribution < -0.4 is 10.1 Å². The van der Waals surface area contributed by atoms with Crippen LogP contribution in [0.2, 0.25) is 0 Å². The van der Waals surface area contributed by atoms with Gasteiger partial charge in [0.05, 0.1) is 18.3 Å². The largest absolute Gasteiger partial charge is 0.492 e. The van der Waals surface area contributed by atoms with Crippen LogP contribution in [0.5, 0.6) is 5.75 Å². The Hall–Kier alpha value is -1.55. The summed E-state index contributed by atoms with van der Waals surface area (Å²) in [5.74, 6) is 1.40. The van der Waals surface area contributed by atoms with Crippen LogP contribution in [0.1, 0.15) is 42.5 Å². The molecule has 0 saturated heterocycles. The molecule has 0 radical (unpaired) electrons. The fraction of sp³-hybridized carbons (Fsp3) is 0.588. The molecule has 0 aliphatic heterocycles. The molecule has 21 heavy (non-hydrogen) atoms. The number of para-hydroxylation sites is 1. The van der Waals surface area contributed by atoms with Crippen LogP contribution in [0.25, 0.3) is 0 Å². The lowest BCUT2D eigenvalue weighted by Gasteiger charge is -2.16. The number of hydrogen-bond acceptors (Lipinski definition) is 3. The summed E-state index contributed by atoms with van der Waals surface area (Å²) in [7, 11) is 0. The molecule has 3 rings (SSSR count). The normalized spacial score (nSPS) is 24.8. The highest BCUT2D eigenvalue weighted by Crippen LogP contribution is 2.30. The maximum atomic E-state index is 12.3. The van der Waals surface area contributed by atoms with Gasteiger partial charge in [-0.05, 0) is 43.7 Å². The Labute approximate surface area is 125 Å². The summed E-state index contributed by atoms with van der Waals surface area (Å²) in [6.45, 7) is 1.24. The highest BCUT2D eigenvalue weighted by atomic mass is 16.5. The maximum Gasteiger partial charge on any atom is 0.255 e. The summed E-state index contributed by atoms with van der Waals surface area (Å²) in [4.78, 5) is 12.3. The third-order valence-corrected chi connectivity index (χ3v) is 4.45. The molecule has 2 aliphatic carbocycles. The Bertz CT molecular complexity index is 499. The van der Waals surface area contributed by atoms with Crippen molar-refractivity contribution < 1.29 is 14.6 Å². The van der Waals surface area contributed by atoms with Crippen molar-refractivity contribution in [2.24, 2.45) is 11.8 Å². The van der Waals surface area contributed by atoms with Gasteiger partial charge in [-0.1, -0.05) is 18.6 Å². The van der Waals surface area contributed by atoms with Crippen molar-refractivity contribution in [3.63, 3.8) is 0 Å². The highest BCUT2D eigenvalue weighted by molar-refractivity contribution is 5.96. The molecule has 4 nitrogen and oxygen atoms in total. The van der Waals surface area contributed by atoms with Gasteiger partial charge in [0.15, 0.2) is 0 Å². The third kappa shape index (κ3) is 3.76. The summed E-state index contributed by atoms with van der Waals surface area (Å²) < 4.78 is 5.76. The van der Waals surface area contributed by atoms with Gasteiger partial charge in [-0.3, -0.25) is 4.79 Å². The smallest absolute Gasteiger partial charge is 0.255 e. The van der Waals surface area contributed by atoms with E-state index >= 15 is 0 Å². The SMILES string of the molecule is O=C(NCC1CCCC1O)c1ccccc1OCC1CC1. The number of aliphatic hydroxyl groups is 1. The molecule has 1 aromatic carbocycles. The Morgan fingerprint density at radius 2 is 2.05 bits per heavy atom. The summed E-state index contributed by atoms with van der Waals surface area (Å²) >= 11 is 0. The van der Waals surface area contributed by atoms with Crippen LogP contribution in [0.15, 0.2) is 24.3 Å². The van der Waals surface area contributed by atoms with Gasteiger partial charge in [-0.15, -0.1) is 0 Å². The van der Waals surface area contributed by atoms with E-state index in [4.69, 9.17) is 4.74 Å². The van der Waals surface area contributed by atoms with Crippen LogP contribution in [-0.2, 0) is 0 Å². The lowest BCUT2D eigenvalue weighted by Crippen LogP contribution is -2.32. The first-order valence-electron chi connectivity index (χ1n) is 7.92. The third-order valence-electron chi connectivity index (χ3n) is 4.45. The maximum absolute atomic E-state index is 12.3. The standard InChI is InChI=1S/C17H23NO3/c19-15-6-3-4-13(15)10-18-17(20)14-5-1-2-7-16(14)21-11-12-8-9-12/h1-2,5,7,12-13,15,19H,3-4,6,8-11H2,(H,18,20). The number of hydrogen-bond donors (Lipinski definition) is 2. The zero-order valence-electron chi connectivity index (χ0n) is 12.3.